The van der Waals surface area contributed by atoms with Crippen LogP contribution in [-0.2, 0) is 6.42 Å². The summed E-state index contributed by atoms with van der Waals surface area (Å²) in [6, 6.07) is 24.1. The summed E-state index contributed by atoms with van der Waals surface area (Å²) in [7, 11) is 1.67. The Morgan fingerprint density at radius 3 is 2.50 bits per heavy atom. The number of rotatable bonds is 3. The summed E-state index contributed by atoms with van der Waals surface area (Å²) in [5.41, 5.74) is 6.36. The summed E-state index contributed by atoms with van der Waals surface area (Å²) in [5.74, 6) is 0.876. The number of H-pyrrole nitrogens is 1. The molecule has 1 aliphatic heterocycles. The van der Waals surface area contributed by atoms with Crippen molar-refractivity contribution in [1.29, 1.82) is 0 Å². The lowest BCUT2D eigenvalue weighted by Gasteiger charge is -2.36. The summed E-state index contributed by atoms with van der Waals surface area (Å²) < 4.78 is 5.34. The minimum Gasteiger partial charge on any atom is -0.497 e. The molecule has 150 valence electrons. The zero-order valence-electron chi connectivity index (χ0n) is 17.2. The molecule has 30 heavy (non-hydrogen) atoms. The predicted molar refractivity (Wildman–Crippen MR) is 119 cm³/mol. The van der Waals surface area contributed by atoms with Crippen LogP contribution < -0.4 is 4.74 Å². The van der Waals surface area contributed by atoms with Gasteiger partial charge in [-0.15, -0.1) is 0 Å². The number of aromatic nitrogens is 1. The molecule has 0 aliphatic carbocycles. The van der Waals surface area contributed by atoms with Crippen molar-refractivity contribution in [1.82, 2.24) is 9.88 Å². The first-order valence-corrected chi connectivity index (χ1v) is 10.3. The molecule has 0 unspecified atom stereocenters. The SMILES string of the molecule is COc1ccc([C@H]2c3[nH]c4ccccc4c3CCN2C(=O)c2ccccc2C)cc1. The third kappa shape index (κ3) is 2.96. The van der Waals surface area contributed by atoms with E-state index in [0.29, 0.717) is 6.54 Å². The molecule has 0 bridgehead atoms. The topological polar surface area (TPSA) is 45.3 Å². The number of aryl methyl sites for hydroxylation is 1. The van der Waals surface area contributed by atoms with Crippen molar-refractivity contribution in [3.05, 3.63) is 101 Å². The molecule has 3 aromatic carbocycles. The van der Waals surface area contributed by atoms with Crippen LogP contribution >= 0.6 is 0 Å². The molecule has 0 radical (unpaired) electrons. The molecule has 4 heteroatoms. The number of methoxy groups -OCH3 is 1. The van der Waals surface area contributed by atoms with Gasteiger partial charge in [0.2, 0.25) is 0 Å². The number of fused-ring (bicyclic) bond motifs is 3. The molecular weight excluding hydrogens is 372 g/mol. The molecule has 0 fully saturated rings. The van der Waals surface area contributed by atoms with E-state index in [9.17, 15) is 4.79 Å². The third-order valence-electron chi connectivity index (χ3n) is 6.10. The Hall–Kier alpha value is -3.53. The molecule has 0 saturated carbocycles. The van der Waals surface area contributed by atoms with E-state index >= 15 is 0 Å². The van der Waals surface area contributed by atoms with Crippen molar-refractivity contribution in [3.63, 3.8) is 0 Å². The molecule has 0 saturated heterocycles. The summed E-state index contributed by atoms with van der Waals surface area (Å²) in [6.45, 7) is 2.67. The quantitative estimate of drug-likeness (QED) is 0.513. The van der Waals surface area contributed by atoms with Gasteiger partial charge in [0, 0.05) is 28.7 Å². The van der Waals surface area contributed by atoms with E-state index in [4.69, 9.17) is 4.74 Å². The van der Waals surface area contributed by atoms with Gasteiger partial charge in [-0.1, -0.05) is 48.5 Å². The van der Waals surface area contributed by atoms with Gasteiger partial charge in [0.1, 0.15) is 5.75 Å². The van der Waals surface area contributed by atoms with Crippen molar-refractivity contribution in [2.75, 3.05) is 13.7 Å². The maximum absolute atomic E-state index is 13.6. The maximum atomic E-state index is 13.6. The van der Waals surface area contributed by atoms with Crippen LogP contribution in [0.3, 0.4) is 0 Å². The van der Waals surface area contributed by atoms with Crippen LogP contribution in [0.15, 0.2) is 72.8 Å². The Balaban J connectivity index is 1.66. The van der Waals surface area contributed by atoms with Gasteiger partial charge in [0.15, 0.2) is 0 Å². The standard InChI is InChI=1S/C26H24N2O2/c1-17-7-3-4-8-20(17)26(29)28-16-15-22-21-9-5-6-10-23(21)27-24(22)25(28)18-11-13-19(30-2)14-12-18/h3-14,25,27H,15-16H2,1-2H3/t25-/m0/s1. The number of benzene rings is 3. The first kappa shape index (κ1) is 18.5. The van der Waals surface area contributed by atoms with E-state index in [1.165, 1.54) is 10.9 Å². The van der Waals surface area contributed by atoms with Crippen molar-refractivity contribution >= 4 is 16.8 Å². The number of carbonyl (C=O) groups is 1. The van der Waals surface area contributed by atoms with E-state index in [1.807, 2.05) is 54.3 Å². The Labute approximate surface area is 176 Å². The lowest BCUT2D eigenvalue weighted by molar-refractivity contribution is 0.0691. The Morgan fingerprint density at radius 1 is 1.00 bits per heavy atom. The fourth-order valence-corrected chi connectivity index (χ4v) is 4.56. The first-order valence-electron chi connectivity index (χ1n) is 10.3. The number of hydrogen-bond donors (Lipinski definition) is 1. The number of nitrogens with one attached hydrogen (secondary N) is 1. The molecule has 1 amide bonds. The predicted octanol–water partition coefficient (Wildman–Crippen LogP) is 5.27. The summed E-state index contributed by atoms with van der Waals surface area (Å²) >= 11 is 0. The van der Waals surface area contributed by atoms with Crippen LogP contribution in [0.5, 0.6) is 5.75 Å². The van der Waals surface area contributed by atoms with Crippen molar-refractivity contribution < 1.29 is 9.53 Å². The number of ether oxygens (including phenoxy) is 1. The minimum atomic E-state index is -0.167. The molecule has 5 rings (SSSR count). The number of nitrogens with zero attached hydrogens (tertiary/aromatic N) is 1. The van der Waals surface area contributed by atoms with Crippen molar-refractivity contribution in [3.8, 4) is 5.75 Å². The van der Waals surface area contributed by atoms with E-state index in [1.54, 1.807) is 7.11 Å². The molecule has 1 aromatic heterocycles. The number of para-hydroxylation sites is 1. The van der Waals surface area contributed by atoms with Gasteiger partial charge in [-0.3, -0.25) is 4.79 Å². The molecule has 4 aromatic rings. The zero-order chi connectivity index (χ0) is 20.7. The number of amides is 1. The first-order chi connectivity index (χ1) is 14.7. The molecule has 2 heterocycles. The van der Waals surface area contributed by atoms with Crippen LogP contribution in [0.1, 0.15) is 38.8 Å². The average molecular weight is 396 g/mol. The monoisotopic (exact) mass is 396 g/mol. The normalized spacial score (nSPS) is 15.8. The van der Waals surface area contributed by atoms with Crippen LogP contribution in [0.25, 0.3) is 10.9 Å². The largest absolute Gasteiger partial charge is 0.497 e. The summed E-state index contributed by atoms with van der Waals surface area (Å²) in [6.07, 6.45) is 0.837. The Bertz CT molecular complexity index is 1220. The highest BCUT2D eigenvalue weighted by molar-refractivity contribution is 5.97. The third-order valence-corrected chi connectivity index (χ3v) is 6.10. The van der Waals surface area contributed by atoms with Gasteiger partial charge in [0.05, 0.1) is 13.2 Å². The van der Waals surface area contributed by atoms with E-state index < -0.39 is 0 Å². The summed E-state index contributed by atoms with van der Waals surface area (Å²) in [5, 5.41) is 1.24. The van der Waals surface area contributed by atoms with Crippen molar-refractivity contribution in [2.24, 2.45) is 0 Å². The van der Waals surface area contributed by atoms with E-state index in [2.05, 4.69) is 35.3 Å². The molecule has 1 atom stereocenters. The zero-order valence-corrected chi connectivity index (χ0v) is 17.2. The number of hydrogen-bond acceptors (Lipinski definition) is 2. The van der Waals surface area contributed by atoms with Crippen LogP contribution in [0.2, 0.25) is 0 Å². The number of aromatic amines is 1. The van der Waals surface area contributed by atoms with Gasteiger partial charge in [-0.2, -0.15) is 0 Å². The minimum absolute atomic E-state index is 0.0678. The van der Waals surface area contributed by atoms with Crippen LogP contribution in [-0.4, -0.2) is 29.4 Å². The second kappa shape index (κ2) is 7.38. The Kier molecular flexibility index (Phi) is 4.55. The van der Waals surface area contributed by atoms with Crippen molar-refractivity contribution in [2.45, 2.75) is 19.4 Å². The summed E-state index contributed by atoms with van der Waals surface area (Å²) in [4.78, 5) is 19.3. The average Bonchev–Trinajstić information content (AvgIpc) is 3.17. The highest BCUT2D eigenvalue weighted by Crippen LogP contribution is 2.39. The fraction of sp³-hybridized carbons (Fsp3) is 0.192. The fourth-order valence-electron chi connectivity index (χ4n) is 4.56. The van der Waals surface area contributed by atoms with Gasteiger partial charge >= 0.3 is 0 Å². The second-order valence-electron chi connectivity index (χ2n) is 7.80. The van der Waals surface area contributed by atoms with Gasteiger partial charge < -0.3 is 14.6 Å². The van der Waals surface area contributed by atoms with Crippen LogP contribution in [0.4, 0.5) is 0 Å². The lowest BCUT2D eigenvalue weighted by Crippen LogP contribution is -2.40. The van der Waals surface area contributed by atoms with Gasteiger partial charge in [-0.25, -0.2) is 0 Å². The van der Waals surface area contributed by atoms with Gasteiger partial charge in [0.25, 0.3) is 5.91 Å². The smallest absolute Gasteiger partial charge is 0.254 e. The number of carbonyl (C=O) groups excluding carboxylic acids is 1. The highest BCUT2D eigenvalue weighted by Gasteiger charge is 2.35. The molecule has 1 N–H and O–H groups in total. The van der Waals surface area contributed by atoms with E-state index in [0.717, 1.165) is 40.1 Å². The molecule has 4 nitrogen and oxygen atoms in total. The lowest BCUT2D eigenvalue weighted by atomic mass is 9.91. The highest BCUT2D eigenvalue weighted by atomic mass is 16.5. The van der Waals surface area contributed by atoms with E-state index in [-0.39, 0.29) is 11.9 Å². The van der Waals surface area contributed by atoms with Crippen LogP contribution in [0, 0.1) is 6.92 Å². The second-order valence-corrected chi connectivity index (χ2v) is 7.80. The maximum Gasteiger partial charge on any atom is 0.254 e. The Morgan fingerprint density at radius 2 is 1.73 bits per heavy atom. The molecular formula is C26H24N2O2. The molecule has 1 aliphatic rings. The van der Waals surface area contributed by atoms with Gasteiger partial charge in [-0.05, 0) is 54.3 Å². The molecule has 0 spiro atoms.